The molecular formula is C15H13Br3N2O2. The highest BCUT2D eigenvalue weighted by atomic mass is 79.9. The van der Waals surface area contributed by atoms with Crippen LogP contribution in [0.15, 0.2) is 49.8 Å². The predicted octanol–water partition coefficient (Wildman–Crippen LogP) is 5.13. The molecule has 0 radical (unpaired) electrons. The summed E-state index contributed by atoms with van der Waals surface area (Å²) < 4.78 is 7.91. The summed E-state index contributed by atoms with van der Waals surface area (Å²) in [6, 6.07) is 10.7. The molecule has 22 heavy (non-hydrogen) atoms. The number of hydrogen-bond acceptors (Lipinski definition) is 3. The highest BCUT2D eigenvalue weighted by molar-refractivity contribution is 9.11. The van der Waals surface area contributed by atoms with Gasteiger partial charge in [0.1, 0.15) is 5.75 Å². The van der Waals surface area contributed by atoms with E-state index >= 15 is 0 Å². The monoisotopic (exact) mass is 490 g/mol. The fourth-order valence-corrected chi connectivity index (χ4v) is 4.18. The molecule has 0 saturated carbocycles. The third-order valence-electron chi connectivity index (χ3n) is 2.74. The smallest absolute Gasteiger partial charge is 0.269 e. The van der Waals surface area contributed by atoms with Crippen LogP contribution in [-0.4, -0.2) is 12.5 Å². The number of benzene rings is 2. The number of ether oxygens (including phenoxy) is 1. The van der Waals surface area contributed by atoms with E-state index in [0.29, 0.717) is 12.2 Å². The molecule has 0 saturated heterocycles. The molecule has 0 aliphatic heterocycles. The largest absolute Gasteiger partial charge is 0.494 e. The van der Waals surface area contributed by atoms with Crippen LogP contribution in [0.2, 0.25) is 0 Å². The first-order valence-electron chi connectivity index (χ1n) is 6.45. The van der Waals surface area contributed by atoms with Gasteiger partial charge in [-0.05, 0) is 75.2 Å². The molecule has 116 valence electrons. The first-order chi connectivity index (χ1) is 10.5. The van der Waals surface area contributed by atoms with Gasteiger partial charge in [-0.1, -0.05) is 15.9 Å². The number of amides is 1. The molecule has 0 spiro atoms. The van der Waals surface area contributed by atoms with E-state index in [2.05, 4.69) is 58.6 Å². The number of nitrogens with one attached hydrogen (secondary N) is 2. The van der Waals surface area contributed by atoms with Crippen LogP contribution in [0.5, 0.6) is 5.75 Å². The number of hydrogen-bond donors (Lipinski definition) is 2. The maximum atomic E-state index is 12.1. The van der Waals surface area contributed by atoms with Gasteiger partial charge in [0.25, 0.3) is 5.91 Å². The van der Waals surface area contributed by atoms with Gasteiger partial charge >= 0.3 is 0 Å². The van der Waals surface area contributed by atoms with Crippen LogP contribution in [-0.2, 0) is 0 Å². The highest BCUT2D eigenvalue weighted by Gasteiger charge is 2.09. The second-order valence-electron chi connectivity index (χ2n) is 4.28. The first-order valence-corrected chi connectivity index (χ1v) is 8.83. The molecule has 7 heteroatoms. The molecule has 2 N–H and O–H groups in total. The maximum absolute atomic E-state index is 12.1. The summed E-state index contributed by atoms with van der Waals surface area (Å²) in [5.74, 6) is 0.509. The molecule has 0 fully saturated rings. The molecule has 4 nitrogen and oxygen atoms in total. The third-order valence-corrected chi connectivity index (χ3v) is 4.44. The van der Waals surface area contributed by atoms with E-state index in [0.717, 1.165) is 24.9 Å². The van der Waals surface area contributed by atoms with Crippen molar-refractivity contribution in [2.24, 2.45) is 0 Å². The minimum Gasteiger partial charge on any atom is -0.494 e. The van der Waals surface area contributed by atoms with Gasteiger partial charge in [-0.3, -0.25) is 15.6 Å². The van der Waals surface area contributed by atoms with Crippen molar-refractivity contribution in [3.8, 4) is 5.75 Å². The molecule has 2 aromatic rings. The first kappa shape index (κ1) is 17.3. The summed E-state index contributed by atoms with van der Waals surface area (Å²) in [5, 5.41) is 0. The number of carbonyl (C=O) groups is 1. The van der Waals surface area contributed by atoms with Crippen molar-refractivity contribution >= 4 is 59.4 Å². The average molecular weight is 493 g/mol. The topological polar surface area (TPSA) is 50.4 Å². The summed E-state index contributed by atoms with van der Waals surface area (Å²) in [6.07, 6.45) is 0. The van der Waals surface area contributed by atoms with E-state index in [1.165, 1.54) is 0 Å². The minimum absolute atomic E-state index is 0.232. The van der Waals surface area contributed by atoms with Gasteiger partial charge in [0.05, 0.1) is 12.3 Å². The summed E-state index contributed by atoms with van der Waals surface area (Å²) in [4.78, 5) is 12.1. The molecule has 0 heterocycles. The van der Waals surface area contributed by atoms with Crippen LogP contribution in [0.4, 0.5) is 5.69 Å². The maximum Gasteiger partial charge on any atom is 0.269 e. The minimum atomic E-state index is -0.232. The SMILES string of the molecule is CCOc1ccc(C(=O)NNc2c(Br)cc(Br)cc2Br)cc1. The molecule has 0 aliphatic carbocycles. The Kier molecular flexibility index (Phi) is 6.28. The molecule has 0 aliphatic rings. The molecule has 0 atom stereocenters. The Morgan fingerprint density at radius 2 is 1.68 bits per heavy atom. The van der Waals surface area contributed by atoms with Crippen molar-refractivity contribution in [2.45, 2.75) is 6.92 Å². The average Bonchev–Trinajstić information content (AvgIpc) is 2.47. The van der Waals surface area contributed by atoms with Crippen LogP contribution >= 0.6 is 47.8 Å². The van der Waals surface area contributed by atoms with Crippen molar-refractivity contribution in [2.75, 3.05) is 12.0 Å². The van der Waals surface area contributed by atoms with Crippen LogP contribution in [0.1, 0.15) is 17.3 Å². The molecule has 2 rings (SSSR count). The fraction of sp³-hybridized carbons (Fsp3) is 0.133. The van der Waals surface area contributed by atoms with Crippen molar-refractivity contribution in [3.63, 3.8) is 0 Å². The van der Waals surface area contributed by atoms with Gasteiger partial charge < -0.3 is 4.74 Å². The lowest BCUT2D eigenvalue weighted by atomic mass is 10.2. The predicted molar refractivity (Wildman–Crippen MR) is 98.2 cm³/mol. The van der Waals surface area contributed by atoms with E-state index in [1.54, 1.807) is 24.3 Å². The standard InChI is InChI=1S/C15H13Br3N2O2/c1-2-22-11-5-3-9(4-6-11)15(21)20-19-14-12(17)7-10(16)8-13(14)18/h3-8,19H,2H2,1H3,(H,20,21). The van der Waals surface area contributed by atoms with Gasteiger partial charge in [0.15, 0.2) is 0 Å². The van der Waals surface area contributed by atoms with Gasteiger partial charge in [-0.15, -0.1) is 0 Å². The zero-order valence-corrected chi connectivity index (χ0v) is 16.4. The highest BCUT2D eigenvalue weighted by Crippen LogP contribution is 2.33. The van der Waals surface area contributed by atoms with Crippen LogP contribution < -0.4 is 15.6 Å². The van der Waals surface area contributed by atoms with Crippen LogP contribution in [0.3, 0.4) is 0 Å². The molecule has 0 bridgehead atoms. The zero-order chi connectivity index (χ0) is 16.1. The number of rotatable bonds is 5. The van der Waals surface area contributed by atoms with E-state index in [9.17, 15) is 4.79 Å². The lowest BCUT2D eigenvalue weighted by Crippen LogP contribution is -2.29. The van der Waals surface area contributed by atoms with Crippen LogP contribution in [0.25, 0.3) is 0 Å². The van der Waals surface area contributed by atoms with E-state index in [-0.39, 0.29) is 5.91 Å². The number of anilines is 1. The molecule has 2 aromatic carbocycles. The Labute approximate surface area is 154 Å². The van der Waals surface area contributed by atoms with Crippen molar-refractivity contribution in [3.05, 3.63) is 55.4 Å². The van der Waals surface area contributed by atoms with E-state index in [4.69, 9.17) is 4.74 Å². The zero-order valence-electron chi connectivity index (χ0n) is 11.6. The second kappa shape index (κ2) is 7.99. The number of hydrazine groups is 1. The van der Waals surface area contributed by atoms with Gasteiger partial charge in [0.2, 0.25) is 0 Å². The van der Waals surface area contributed by atoms with Gasteiger partial charge in [-0.25, -0.2) is 0 Å². The quantitative estimate of drug-likeness (QED) is 0.569. The van der Waals surface area contributed by atoms with Crippen molar-refractivity contribution < 1.29 is 9.53 Å². The van der Waals surface area contributed by atoms with Crippen LogP contribution in [0, 0.1) is 0 Å². The Bertz CT molecular complexity index is 652. The molecule has 1 amide bonds. The summed E-state index contributed by atoms with van der Waals surface area (Å²) in [5.41, 5.74) is 6.84. The summed E-state index contributed by atoms with van der Waals surface area (Å²) in [7, 11) is 0. The lowest BCUT2D eigenvalue weighted by molar-refractivity contribution is 0.0962. The van der Waals surface area contributed by atoms with E-state index < -0.39 is 0 Å². The Morgan fingerprint density at radius 1 is 1.09 bits per heavy atom. The Balaban J connectivity index is 2.04. The van der Waals surface area contributed by atoms with E-state index in [1.807, 2.05) is 19.1 Å². The van der Waals surface area contributed by atoms with Crippen molar-refractivity contribution in [1.82, 2.24) is 5.43 Å². The molecule has 0 aromatic heterocycles. The Hall–Kier alpha value is -1.05. The number of halogens is 3. The lowest BCUT2D eigenvalue weighted by Gasteiger charge is -2.13. The van der Waals surface area contributed by atoms with Gasteiger partial charge in [0, 0.05) is 19.0 Å². The van der Waals surface area contributed by atoms with Crippen molar-refractivity contribution in [1.29, 1.82) is 0 Å². The van der Waals surface area contributed by atoms with Gasteiger partial charge in [-0.2, -0.15) is 0 Å². The summed E-state index contributed by atoms with van der Waals surface area (Å²) in [6.45, 7) is 2.51. The number of carbonyl (C=O) groups excluding carboxylic acids is 1. The normalized spacial score (nSPS) is 10.2. The molecule has 0 unspecified atom stereocenters. The Morgan fingerprint density at radius 3 is 2.23 bits per heavy atom. The second-order valence-corrected chi connectivity index (χ2v) is 6.91. The summed E-state index contributed by atoms with van der Waals surface area (Å²) >= 11 is 10.3. The third kappa shape index (κ3) is 4.47. The fourth-order valence-electron chi connectivity index (χ4n) is 1.72. The molecular weight excluding hydrogens is 480 g/mol.